The molecule has 0 bridgehead atoms. The van der Waals surface area contributed by atoms with Gasteiger partial charge < -0.3 is 16.0 Å². The predicted octanol–water partition coefficient (Wildman–Crippen LogP) is 2.50. The van der Waals surface area contributed by atoms with Gasteiger partial charge in [-0.1, -0.05) is 17.7 Å². The molecule has 0 aromatic heterocycles. The van der Waals surface area contributed by atoms with Gasteiger partial charge in [0.15, 0.2) is 0 Å². The van der Waals surface area contributed by atoms with Crippen LogP contribution in [0.15, 0.2) is 24.3 Å². The zero-order chi connectivity index (χ0) is 13.7. The van der Waals surface area contributed by atoms with Crippen LogP contribution in [0.25, 0.3) is 0 Å². The molecule has 0 spiro atoms. The van der Waals surface area contributed by atoms with Gasteiger partial charge >= 0.3 is 6.03 Å². The molecule has 1 saturated heterocycles. The highest BCUT2D eigenvalue weighted by Gasteiger charge is 2.21. The monoisotopic (exact) mass is 261 g/mol. The summed E-state index contributed by atoms with van der Waals surface area (Å²) in [6.45, 7) is 6.19. The summed E-state index contributed by atoms with van der Waals surface area (Å²) in [5, 5.41) is 9.26. The summed E-state index contributed by atoms with van der Waals surface area (Å²) in [6.07, 6.45) is 2.37. The van der Waals surface area contributed by atoms with Gasteiger partial charge in [-0.05, 0) is 57.8 Å². The number of piperidine rings is 1. The zero-order valence-corrected chi connectivity index (χ0v) is 11.7. The lowest BCUT2D eigenvalue weighted by Crippen LogP contribution is -2.45. The van der Waals surface area contributed by atoms with Crippen molar-refractivity contribution in [3.63, 3.8) is 0 Å². The molecule has 1 aliphatic rings. The topological polar surface area (TPSA) is 53.2 Å². The van der Waals surface area contributed by atoms with Crippen molar-refractivity contribution in [3.05, 3.63) is 29.8 Å². The lowest BCUT2D eigenvalue weighted by molar-refractivity contribution is 0.238. The van der Waals surface area contributed by atoms with Crippen LogP contribution in [0, 0.1) is 12.8 Å². The summed E-state index contributed by atoms with van der Waals surface area (Å²) in [6, 6.07) is 7.89. The number of benzene rings is 1. The van der Waals surface area contributed by atoms with E-state index in [-0.39, 0.29) is 12.1 Å². The van der Waals surface area contributed by atoms with Gasteiger partial charge in [-0.15, -0.1) is 0 Å². The van der Waals surface area contributed by atoms with Crippen molar-refractivity contribution in [2.24, 2.45) is 5.92 Å². The van der Waals surface area contributed by atoms with Crippen LogP contribution in [0.1, 0.15) is 25.3 Å². The minimum Gasteiger partial charge on any atom is -0.335 e. The lowest BCUT2D eigenvalue weighted by atomic mass is 9.93. The van der Waals surface area contributed by atoms with Crippen LogP contribution in [0.2, 0.25) is 0 Å². The molecule has 2 unspecified atom stereocenters. The average molecular weight is 261 g/mol. The minimum atomic E-state index is -0.123. The Bertz CT molecular complexity index is 410. The second-order valence-electron chi connectivity index (χ2n) is 5.36. The summed E-state index contributed by atoms with van der Waals surface area (Å²) in [5.74, 6) is 0.525. The number of carbonyl (C=O) groups excluding carboxylic acids is 1. The Kier molecular flexibility index (Phi) is 4.80. The fourth-order valence-corrected chi connectivity index (χ4v) is 2.43. The van der Waals surface area contributed by atoms with Crippen LogP contribution < -0.4 is 16.0 Å². The predicted molar refractivity (Wildman–Crippen MR) is 78.4 cm³/mol. The maximum absolute atomic E-state index is 11.9. The molecule has 0 saturated carbocycles. The number of hydrogen-bond donors (Lipinski definition) is 3. The van der Waals surface area contributed by atoms with E-state index in [4.69, 9.17) is 0 Å². The van der Waals surface area contributed by atoms with Gasteiger partial charge in [0.25, 0.3) is 0 Å². The molecule has 2 amide bonds. The highest BCUT2D eigenvalue weighted by atomic mass is 16.2. The molecule has 1 aromatic carbocycles. The van der Waals surface area contributed by atoms with E-state index in [0.29, 0.717) is 5.92 Å². The largest absolute Gasteiger partial charge is 0.335 e. The number of nitrogens with one attached hydrogen (secondary N) is 3. The van der Waals surface area contributed by atoms with Crippen molar-refractivity contribution >= 4 is 11.7 Å². The Balaban J connectivity index is 1.81. The van der Waals surface area contributed by atoms with Crippen LogP contribution >= 0.6 is 0 Å². The maximum atomic E-state index is 11.9. The molecule has 1 aliphatic heterocycles. The van der Waals surface area contributed by atoms with Crippen LogP contribution in [0.3, 0.4) is 0 Å². The van der Waals surface area contributed by atoms with E-state index in [9.17, 15) is 4.79 Å². The standard InChI is InChI=1S/C15H23N3O/c1-11-5-7-14(8-6-11)18-15(19)17-12(2)13-4-3-9-16-10-13/h5-8,12-13,16H,3-4,9-10H2,1-2H3,(H2,17,18,19). The molecular formula is C15H23N3O. The Labute approximate surface area is 115 Å². The fraction of sp³-hybridized carbons (Fsp3) is 0.533. The van der Waals surface area contributed by atoms with Crippen molar-refractivity contribution in [3.8, 4) is 0 Å². The number of carbonyl (C=O) groups is 1. The van der Waals surface area contributed by atoms with Gasteiger partial charge in [0.05, 0.1) is 0 Å². The number of hydrogen-bond acceptors (Lipinski definition) is 2. The van der Waals surface area contributed by atoms with Crippen LogP contribution in [0.4, 0.5) is 10.5 Å². The van der Waals surface area contributed by atoms with E-state index in [0.717, 1.165) is 18.8 Å². The third-order valence-electron chi connectivity index (χ3n) is 3.71. The SMILES string of the molecule is Cc1ccc(NC(=O)NC(C)C2CCCNC2)cc1. The summed E-state index contributed by atoms with van der Waals surface area (Å²) in [4.78, 5) is 11.9. The van der Waals surface area contributed by atoms with Crippen molar-refractivity contribution in [2.75, 3.05) is 18.4 Å². The van der Waals surface area contributed by atoms with Gasteiger partial charge in [0.2, 0.25) is 0 Å². The van der Waals surface area contributed by atoms with Gasteiger partial charge in [-0.2, -0.15) is 0 Å². The Morgan fingerprint density at radius 1 is 1.37 bits per heavy atom. The van der Waals surface area contributed by atoms with Gasteiger partial charge in [0, 0.05) is 11.7 Å². The quantitative estimate of drug-likeness (QED) is 0.783. The summed E-state index contributed by atoms with van der Waals surface area (Å²) in [7, 11) is 0. The van der Waals surface area contributed by atoms with E-state index in [1.165, 1.54) is 18.4 Å². The number of anilines is 1. The molecular weight excluding hydrogens is 238 g/mol. The maximum Gasteiger partial charge on any atom is 0.319 e. The van der Waals surface area contributed by atoms with Gasteiger partial charge in [-0.3, -0.25) is 0 Å². The highest BCUT2D eigenvalue weighted by Crippen LogP contribution is 2.14. The molecule has 3 N–H and O–H groups in total. The third-order valence-corrected chi connectivity index (χ3v) is 3.71. The lowest BCUT2D eigenvalue weighted by Gasteiger charge is -2.28. The summed E-state index contributed by atoms with van der Waals surface area (Å²) >= 11 is 0. The first-order valence-electron chi connectivity index (χ1n) is 7.00. The molecule has 4 nitrogen and oxygen atoms in total. The molecule has 1 fully saturated rings. The Morgan fingerprint density at radius 2 is 2.11 bits per heavy atom. The number of amides is 2. The first kappa shape index (κ1) is 13.9. The fourth-order valence-electron chi connectivity index (χ4n) is 2.43. The van der Waals surface area contributed by atoms with Crippen molar-refractivity contribution in [2.45, 2.75) is 32.7 Å². The van der Waals surface area contributed by atoms with Crippen molar-refractivity contribution in [1.82, 2.24) is 10.6 Å². The van der Waals surface area contributed by atoms with Gasteiger partial charge in [0.1, 0.15) is 0 Å². The molecule has 1 aromatic rings. The van der Waals surface area contributed by atoms with E-state index in [2.05, 4.69) is 22.9 Å². The molecule has 0 aliphatic carbocycles. The van der Waals surface area contributed by atoms with Gasteiger partial charge in [-0.25, -0.2) is 4.79 Å². The first-order chi connectivity index (χ1) is 9.15. The van der Waals surface area contributed by atoms with Crippen LogP contribution in [-0.2, 0) is 0 Å². The normalized spacial score (nSPS) is 20.6. The smallest absolute Gasteiger partial charge is 0.319 e. The summed E-state index contributed by atoms with van der Waals surface area (Å²) < 4.78 is 0. The van der Waals surface area contributed by atoms with E-state index >= 15 is 0 Å². The molecule has 104 valence electrons. The van der Waals surface area contributed by atoms with Crippen LogP contribution in [0.5, 0.6) is 0 Å². The zero-order valence-electron chi connectivity index (χ0n) is 11.7. The van der Waals surface area contributed by atoms with E-state index in [1.54, 1.807) is 0 Å². The molecule has 2 atom stereocenters. The van der Waals surface area contributed by atoms with Crippen molar-refractivity contribution < 1.29 is 4.79 Å². The number of rotatable bonds is 3. The average Bonchev–Trinajstić information content (AvgIpc) is 2.42. The number of aryl methyl sites for hydroxylation is 1. The molecule has 0 radical (unpaired) electrons. The molecule has 2 rings (SSSR count). The Hall–Kier alpha value is -1.55. The Morgan fingerprint density at radius 3 is 2.74 bits per heavy atom. The number of urea groups is 1. The van der Waals surface area contributed by atoms with Crippen LogP contribution in [-0.4, -0.2) is 25.2 Å². The van der Waals surface area contributed by atoms with E-state index < -0.39 is 0 Å². The second-order valence-corrected chi connectivity index (χ2v) is 5.36. The third kappa shape index (κ3) is 4.24. The van der Waals surface area contributed by atoms with E-state index in [1.807, 2.05) is 31.2 Å². The summed E-state index contributed by atoms with van der Waals surface area (Å²) in [5.41, 5.74) is 2.02. The molecule has 1 heterocycles. The first-order valence-corrected chi connectivity index (χ1v) is 7.00. The molecule has 19 heavy (non-hydrogen) atoms. The molecule has 4 heteroatoms. The highest BCUT2D eigenvalue weighted by molar-refractivity contribution is 5.89. The second kappa shape index (κ2) is 6.57. The minimum absolute atomic E-state index is 0.123. The van der Waals surface area contributed by atoms with Crippen molar-refractivity contribution in [1.29, 1.82) is 0 Å².